The van der Waals surface area contributed by atoms with E-state index in [2.05, 4.69) is 10.4 Å². The number of rotatable bonds is 7. The molecule has 0 bridgehead atoms. The molecule has 1 aliphatic heterocycles. The quantitative estimate of drug-likeness (QED) is 0.599. The van der Waals surface area contributed by atoms with Gasteiger partial charge < -0.3 is 20.7 Å². The molecule has 26 heavy (non-hydrogen) atoms. The van der Waals surface area contributed by atoms with E-state index in [-0.39, 0.29) is 31.6 Å². The second kappa shape index (κ2) is 8.49. The zero-order chi connectivity index (χ0) is 19.3. The SMILES string of the molecule is C[C@@H](COCCC(=O)N1CCC(N)C1)Nc1cn[nH]c(=O)c1C(F)(F)F. The number of nitrogens with zero attached hydrogens (tertiary/aromatic N) is 2. The Morgan fingerprint density at radius 1 is 1.58 bits per heavy atom. The number of amides is 1. The molecule has 8 nitrogen and oxygen atoms in total. The zero-order valence-corrected chi connectivity index (χ0v) is 14.3. The van der Waals surface area contributed by atoms with Crippen LogP contribution in [0.5, 0.6) is 0 Å². The van der Waals surface area contributed by atoms with Crippen LogP contribution in [0.15, 0.2) is 11.0 Å². The molecule has 0 aliphatic carbocycles. The van der Waals surface area contributed by atoms with Crippen LogP contribution in [0.3, 0.4) is 0 Å². The van der Waals surface area contributed by atoms with E-state index in [0.717, 1.165) is 12.6 Å². The average molecular weight is 377 g/mol. The third-order valence-corrected chi connectivity index (χ3v) is 3.95. The van der Waals surface area contributed by atoms with Gasteiger partial charge >= 0.3 is 6.18 Å². The Morgan fingerprint density at radius 3 is 2.92 bits per heavy atom. The number of hydrogen-bond donors (Lipinski definition) is 3. The summed E-state index contributed by atoms with van der Waals surface area (Å²) in [5.41, 5.74) is 2.68. The Morgan fingerprint density at radius 2 is 2.31 bits per heavy atom. The first-order chi connectivity index (χ1) is 12.2. The standard InChI is InChI=1S/C15H22F3N5O3/c1-9(8-26-5-3-12(24)23-4-2-10(19)7-23)21-11-6-20-22-14(25)13(11)15(16,17)18/h6,9-10H,2-5,7-8,19H2,1H3,(H2,21,22,25)/t9-,10?/m0/s1. The minimum atomic E-state index is -4.80. The number of carbonyl (C=O) groups is 1. The van der Waals surface area contributed by atoms with Crippen LogP contribution in [-0.2, 0) is 15.7 Å². The van der Waals surface area contributed by atoms with Crippen molar-refractivity contribution in [1.82, 2.24) is 15.1 Å². The summed E-state index contributed by atoms with van der Waals surface area (Å²) in [4.78, 5) is 25.0. The monoisotopic (exact) mass is 377 g/mol. The van der Waals surface area contributed by atoms with Crippen LogP contribution in [0.4, 0.5) is 18.9 Å². The summed E-state index contributed by atoms with van der Waals surface area (Å²) in [5, 5.41) is 7.71. The first kappa shape index (κ1) is 20.2. The first-order valence-corrected chi connectivity index (χ1v) is 8.21. The maximum Gasteiger partial charge on any atom is 0.423 e. The molecule has 146 valence electrons. The van der Waals surface area contributed by atoms with Crippen molar-refractivity contribution in [1.29, 1.82) is 0 Å². The molecule has 1 amide bonds. The van der Waals surface area contributed by atoms with Crippen LogP contribution in [-0.4, -0.2) is 59.4 Å². The lowest BCUT2D eigenvalue weighted by Crippen LogP contribution is -2.33. The maximum atomic E-state index is 13.0. The lowest BCUT2D eigenvalue weighted by Gasteiger charge is -2.19. The van der Waals surface area contributed by atoms with Crippen LogP contribution in [0.2, 0.25) is 0 Å². The van der Waals surface area contributed by atoms with Gasteiger partial charge in [0.2, 0.25) is 5.91 Å². The van der Waals surface area contributed by atoms with Crippen molar-refractivity contribution in [3.63, 3.8) is 0 Å². The number of anilines is 1. The van der Waals surface area contributed by atoms with Crippen LogP contribution < -0.4 is 16.6 Å². The predicted molar refractivity (Wildman–Crippen MR) is 87.6 cm³/mol. The molecular weight excluding hydrogens is 355 g/mol. The van der Waals surface area contributed by atoms with Crippen molar-refractivity contribution in [3.8, 4) is 0 Å². The van der Waals surface area contributed by atoms with E-state index in [9.17, 15) is 22.8 Å². The second-order valence-corrected chi connectivity index (χ2v) is 6.24. The number of nitrogens with two attached hydrogens (primary N) is 1. The van der Waals surface area contributed by atoms with Crippen molar-refractivity contribution in [2.24, 2.45) is 5.73 Å². The van der Waals surface area contributed by atoms with Crippen molar-refractivity contribution in [2.75, 3.05) is 31.6 Å². The Balaban J connectivity index is 1.79. The van der Waals surface area contributed by atoms with Gasteiger partial charge in [-0.3, -0.25) is 9.59 Å². The Bertz CT molecular complexity index is 679. The van der Waals surface area contributed by atoms with Gasteiger partial charge in [-0.1, -0.05) is 0 Å². The van der Waals surface area contributed by atoms with Crippen molar-refractivity contribution < 1.29 is 22.7 Å². The third kappa shape index (κ3) is 5.43. The smallest absolute Gasteiger partial charge is 0.379 e. The van der Waals surface area contributed by atoms with Crippen LogP contribution in [0.1, 0.15) is 25.3 Å². The van der Waals surface area contributed by atoms with E-state index in [1.807, 2.05) is 0 Å². The molecule has 11 heteroatoms. The number of halogens is 3. The number of aromatic amines is 1. The summed E-state index contributed by atoms with van der Waals surface area (Å²) in [6.07, 6.45) is -2.94. The van der Waals surface area contributed by atoms with Gasteiger partial charge in [0, 0.05) is 25.2 Å². The molecule has 0 radical (unpaired) electrons. The molecule has 1 aliphatic rings. The molecular formula is C15H22F3N5O3. The molecule has 1 aromatic rings. The third-order valence-electron chi connectivity index (χ3n) is 3.95. The molecule has 0 saturated carbocycles. The number of hydrogen-bond acceptors (Lipinski definition) is 6. The van der Waals surface area contributed by atoms with Crippen LogP contribution >= 0.6 is 0 Å². The number of aromatic nitrogens is 2. The van der Waals surface area contributed by atoms with Gasteiger partial charge in [-0.05, 0) is 13.3 Å². The molecule has 2 rings (SSSR count). The van der Waals surface area contributed by atoms with E-state index in [1.54, 1.807) is 16.9 Å². The Labute approximate surface area is 147 Å². The fraction of sp³-hybridized carbons (Fsp3) is 0.667. The number of nitrogens with one attached hydrogen (secondary N) is 2. The summed E-state index contributed by atoms with van der Waals surface area (Å²) >= 11 is 0. The van der Waals surface area contributed by atoms with E-state index in [4.69, 9.17) is 10.5 Å². The van der Waals surface area contributed by atoms with E-state index in [0.29, 0.717) is 13.1 Å². The highest BCUT2D eigenvalue weighted by molar-refractivity contribution is 5.76. The van der Waals surface area contributed by atoms with E-state index in [1.165, 1.54) is 0 Å². The van der Waals surface area contributed by atoms with Crippen molar-refractivity contribution >= 4 is 11.6 Å². The highest BCUT2D eigenvalue weighted by Crippen LogP contribution is 2.31. The summed E-state index contributed by atoms with van der Waals surface area (Å²) < 4.78 is 44.2. The molecule has 4 N–H and O–H groups in total. The van der Waals surface area contributed by atoms with Crippen LogP contribution in [0.25, 0.3) is 0 Å². The van der Waals surface area contributed by atoms with E-state index < -0.39 is 29.0 Å². The summed E-state index contributed by atoms with van der Waals surface area (Å²) in [5.74, 6) is -0.0586. The van der Waals surface area contributed by atoms with Gasteiger partial charge in [-0.25, -0.2) is 5.10 Å². The molecule has 2 atom stereocenters. The minimum Gasteiger partial charge on any atom is -0.379 e. The maximum absolute atomic E-state index is 13.0. The van der Waals surface area contributed by atoms with Gasteiger partial charge in [0.25, 0.3) is 5.56 Å². The number of alkyl halides is 3. The number of H-pyrrole nitrogens is 1. The fourth-order valence-electron chi connectivity index (χ4n) is 2.69. The minimum absolute atomic E-state index is 0.00884. The molecule has 1 saturated heterocycles. The molecule has 2 heterocycles. The van der Waals surface area contributed by atoms with Gasteiger partial charge in [0.15, 0.2) is 0 Å². The Hall–Kier alpha value is -2.14. The Kier molecular flexibility index (Phi) is 6.59. The molecule has 0 aromatic carbocycles. The van der Waals surface area contributed by atoms with Gasteiger partial charge in [-0.2, -0.15) is 18.3 Å². The molecule has 1 fully saturated rings. The molecule has 1 aromatic heterocycles. The normalized spacial score (nSPS) is 18.8. The fourth-order valence-corrected chi connectivity index (χ4v) is 2.69. The second-order valence-electron chi connectivity index (χ2n) is 6.24. The van der Waals surface area contributed by atoms with Gasteiger partial charge in [0.05, 0.1) is 31.5 Å². The zero-order valence-electron chi connectivity index (χ0n) is 14.3. The predicted octanol–water partition coefficient (Wildman–Crippen LogP) is 0.555. The van der Waals surface area contributed by atoms with Crippen molar-refractivity contribution in [3.05, 3.63) is 22.1 Å². The largest absolute Gasteiger partial charge is 0.423 e. The average Bonchev–Trinajstić information content (AvgIpc) is 2.96. The molecule has 0 spiro atoms. The summed E-state index contributed by atoms with van der Waals surface area (Å²) in [6, 6.07) is -0.510. The summed E-state index contributed by atoms with van der Waals surface area (Å²) in [6.45, 7) is 2.98. The van der Waals surface area contributed by atoms with Crippen LogP contribution in [0, 0.1) is 0 Å². The number of carbonyl (C=O) groups excluding carboxylic acids is 1. The van der Waals surface area contributed by atoms with Gasteiger partial charge in [0.1, 0.15) is 5.56 Å². The summed E-state index contributed by atoms with van der Waals surface area (Å²) in [7, 11) is 0. The lowest BCUT2D eigenvalue weighted by molar-refractivity contribution is -0.138. The number of likely N-dealkylation sites (tertiary alicyclic amines) is 1. The molecule has 1 unspecified atom stereocenters. The number of ether oxygens (including phenoxy) is 1. The lowest BCUT2D eigenvalue weighted by atomic mass is 10.2. The highest BCUT2D eigenvalue weighted by atomic mass is 19.4. The first-order valence-electron chi connectivity index (χ1n) is 8.21. The topological polar surface area (TPSA) is 113 Å². The van der Waals surface area contributed by atoms with E-state index >= 15 is 0 Å². The highest BCUT2D eigenvalue weighted by Gasteiger charge is 2.37. The van der Waals surface area contributed by atoms with Gasteiger partial charge in [-0.15, -0.1) is 0 Å². The van der Waals surface area contributed by atoms with Crippen molar-refractivity contribution in [2.45, 2.75) is 38.0 Å².